The van der Waals surface area contributed by atoms with Crippen molar-refractivity contribution in [1.29, 1.82) is 0 Å². The first-order valence-electron chi connectivity index (χ1n) is 3.98. The largest absolute Gasteiger partial charge is 0.488 e. The molecule has 0 saturated heterocycles. The highest BCUT2D eigenvalue weighted by atomic mass is 19.1. The van der Waals surface area contributed by atoms with Crippen LogP contribution in [-0.2, 0) is 0 Å². The van der Waals surface area contributed by atoms with Crippen LogP contribution >= 0.6 is 0 Å². The van der Waals surface area contributed by atoms with Gasteiger partial charge in [-0.05, 0) is 12.1 Å². The minimum atomic E-state index is -0.515. The molecule has 0 unspecified atom stereocenters. The Morgan fingerprint density at radius 2 is 2.15 bits per heavy atom. The van der Waals surface area contributed by atoms with Crippen LogP contribution in [0.4, 0.5) is 14.5 Å². The second kappa shape index (κ2) is 4.64. The molecule has 0 fully saturated rings. The summed E-state index contributed by atoms with van der Waals surface area (Å²) in [7, 11) is 0. The Kier molecular flexibility index (Phi) is 3.49. The van der Waals surface area contributed by atoms with Gasteiger partial charge in [0.15, 0.2) is 11.6 Å². The van der Waals surface area contributed by atoms with Gasteiger partial charge in [0.2, 0.25) is 0 Å². The van der Waals surface area contributed by atoms with Gasteiger partial charge in [-0.15, -0.1) is 0 Å². The van der Waals surface area contributed by atoms with Gasteiger partial charge in [-0.25, -0.2) is 4.39 Å². The van der Waals surface area contributed by atoms with Gasteiger partial charge in [0.25, 0.3) is 0 Å². The summed E-state index contributed by atoms with van der Waals surface area (Å²) in [4.78, 5) is 0. The van der Waals surface area contributed by atoms with Crippen molar-refractivity contribution in [1.82, 2.24) is 0 Å². The van der Waals surface area contributed by atoms with E-state index < -0.39 is 12.5 Å². The lowest BCUT2D eigenvalue weighted by Gasteiger charge is -2.08. The van der Waals surface area contributed by atoms with Crippen LogP contribution in [0, 0.1) is 5.82 Å². The van der Waals surface area contributed by atoms with Gasteiger partial charge in [-0.3, -0.25) is 4.39 Å². The van der Waals surface area contributed by atoms with Gasteiger partial charge in [-0.1, -0.05) is 6.07 Å². The fourth-order valence-corrected chi connectivity index (χ4v) is 0.907. The standard InChI is InChI=1S/C9H11F2NO/c10-5-2-6-13-9-7(11)3-1-4-8(9)12/h1,3-4H,2,5-6,12H2. The fourth-order valence-electron chi connectivity index (χ4n) is 0.907. The summed E-state index contributed by atoms with van der Waals surface area (Å²) in [6, 6.07) is 4.28. The van der Waals surface area contributed by atoms with Gasteiger partial charge in [0.05, 0.1) is 19.0 Å². The summed E-state index contributed by atoms with van der Waals surface area (Å²) >= 11 is 0. The van der Waals surface area contributed by atoms with E-state index in [4.69, 9.17) is 10.5 Å². The number of alkyl halides is 1. The number of halogens is 2. The van der Waals surface area contributed by atoms with Crippen molar-refractivity contribution in [3.63, 3.8) is 0 Å². The average molecular weight is 187 g/mol. The van der Waals surface area contributed by atoms with Crippen molar-refractivity contribution in [2.75, 3.05) is 19.0 Å². The van der Waals surface area contributed by atoms with Gasteiger partial charge < -0.3 is 10.5 Å². The highest BCUT2D eigenvalue weighted by Crippen LogP contribution is 2.24. The molecular weight excluding hydrogens is 176 g/mol. The van der Waals surface area contributed by atoms with Gasteiger partial charge in [-0.2, -0.15) is 0 Å². The molecule has 0 aliphatic carbocycles. The zero-order valence-corrected chi connectivity index (χ0v) is 7.09. The molecular formula is C9H11F2NO. The Morgan fingerprint density at radius 1 is 1.38 bits per heavy atom. The molecule has 2 N–H and O–H groups in total. The number of nitrogen functional groups attached to an aromatic ring is 1. The van der Waals surface area contributed by atoms with Crippen LogP contribution in [0.3, 0.4) is 0 Å². The van der Waals surface area contributed by atoms with Crippen LogP contribution < -0.4 is 10.5 Å². The Morgan fingerprint density at radius 3 is 2.77 bits per heavy atom. The Balaban J connectivity index is 2.64. The topological polar surface area (TPSA) is 35.2 Å². The Bertz CT molecular complexity index is 258. The van der Waals surface area contributed by atoms with E-state index in [1.165, 1.54) is 18.2 Å². The molecule has 0 heterocycles. The van der Waals surface area contributed by atoms with Crippen molar-refractivity contribution >= 4 is 5.69 Å². The fraction of sp³-hybridized carbons (Fsp3) is 0.333. The van der Waals surface area contributed by atoms with Crippen LogP contribution in [-0.4, -0.2) is 13.3 Å². The summed E-state index contributed by atoms with van der Waals surface area (Å²) in [6.45, 7) is -0.337. The lowest BCUT2D eigenvalue weighted by molar-refractivity contribution is 0.279. The molecule has 0 aliphatic rings. The third-order valence-corrected chi connectivity index (χ3v) is 1.52. The molecule has 0 aromatic heterocycles. The van der Waals surface area contributed by atoms with E-state index >= 15 is 0 Å². The van der Waals surface area contributed by atoms with Crippen LogP contribution in [0.25, 0.3) is 0 Å². The quantitative estimate of drug-likeness (QED) is 0.579. The van der Waals surface area contributed by atoms with Crippen LogP contribution in [0.1, 0.15) is 6.42 Å². The molecule has 13 heavy (non-hydrogen) atoms. The smallest absolute Gasteiger partial charge is 0.177 e. The number of rotatable bonds is 4. The lowest BCUT2D eigenvalue weighted by atomic mass is 10.3. The van der Waals surface area contributed by atoms with E-state index in [9.17, 15) is 8.78 Å². The number of ether oxygens (including phenoxy) is 1. The Hall–Kier alpha value is -1.32. The first kappa shape index (κ1) is 9.77. The molecule has 0 bridgehead atoms. The highest BCUT2D eigenvalue weighted by molar-refractivity contribution is 5.52. The average Bonchev–Trinajstić information content (AvgIpc) is 2.10. The summed E-state index contributed by atoms with van der Waals surface area (Å²) in [5.41, 5.74) is 5.68. The van der Waals surface area contributed by atoms with E-state index in [0.717, 1.165) is 0 Å². The van der Waals surface area contributed by atoms with Crippen molar-refractivity contribution in [2.24, 2.45) is 0 Å². The first-order valence-corrected chi connectivity index (χ1v) is 3.98. The molecule has 0 aliphatic heterocycles. The molecule has 1 aromatic carbocycles. The zero-order chi connectivity index (χ0) is 9.68. The van der Waals surface area contributed by atoms with E-state index in [-0.39, 0.29) is 24.5 Å². The molecule has 1 rings (SSSR count). The van der Waals surface area contributed by atoms with Gasteiger partial charge in [0.1, 0.15) is 0 Å². The number of benzene rings is 1. The summed E-state index contributed by atoms with van der Waals surface area (Å²) in [5.74, 6) is -0.505. The van der Waals surface area contributed by atoms with Crippen molar-refractivity contribution in [2.45, 2.75) is 6.42 Å². The van der Waals surface area contributed by atoms with Crippen molar-refractivity contribution in [3.05, 3.63) is 24.0 Å². The highest BCUT2D eigenvalue weighted by Gasteiger charge is 2.05. The van der Waals surface area contributed by atoms with Crippen LogP contribution in [0.2, 0.25) is 0 Å². The second-order valence-electron chi connectivity index (χ2n) is 2.55. The molecule has 1 aromatic rings. The SMILES string of the molecule is Nc1cccc(F)c1OCCCF. The lowest BCUT2D eigenvalue weighted by Crippen LogP contribution is -2.02. The summed E-state index contributed by atoms with van der Waals surface area (Å²) < 4.78 is 29.6. The normalized spacial score (nSPS) is 10.0. The maximum absolute atomic E-state index is 13.0. The van der Waals surface area contributed by atoms with Crippen LogP contribution in [0.5, 0.6) is 5.75 Å². The summed E-state index contributed by atoms with van der Waals surface area (Å²) in [6.07, 6.45) is 0.244. The Labute approximate surface area is 75.3 Å². The first-order chi connectivity index (χ1) is 6.25. The predicted octanol–water partition coefficient (Wildman–Crippen LogP) is 2.15. The number of nitrogens with two attached hydrogens (primary N) is 1. The molecule has 0 spiro atoms. The predicted molar refractivity (Wildman–Crippen MR) is 46.9 cm³/mol. The third kappa shape index (κ3) is 2.57. The van der Waals surface area contributed by atoms with Gasteiger partial charge >= 0.3 is 0 Å². The molecule has 0 atom stereocenters. The molecule has 0 radical (unpaired) electrons. The summed E-state index contributed by atoms with van der Waals surface area (Å²) in [5, 5.41) is 0. The third-order valence-electron chi connectivity index (χ3n) is 1.52. The van der Waals surface area contributed by atoms with E-state index in [2.05, 4.69) is 0 Å². The minimum absolute atomic E-state index is 0.0101. The number of anilines is 1. The second-order valence-corrected chi connectivity index (χ2v) is 2.55. The number of para-hydroxylation sites is 1. The molecule has 0 amide bonds. The monoisotopic (exact) mass is 187 g/mol. The van der Waals surface area contributed by atoms with Crippen LogP contribution in [0.15, 0.2) is 18.2 Å². The van der Waals surface area contributed by atoms with E-state index in [0.29, 0.717) is 0 Å². The number of hydrogen-bond acceptors (Lipinski definition) is 2. The molecule has 72 valence electrons. The van der Waals surface area contributed by atoms with Crippen molar-refractivity contribution < 1.29 is 13.5 Å². The molecule has 2 nitrogen and oxygen atoms in total. The van der Waals surface area contributed by atoms with Crippen molar-refractivity contribution in [3.8, 4) is 5.75 Å². The maximum Gasteiger partial charge on any atom is 0.177 e. The molecule has 4 heteroatoms. The zero-order valence-electron chi connectivity index (χ0n) is 7.09. The van der Waals surface area contributed by atoms with E-state index in [1.807, 2.05) is 0 Å². The van der Waals surface area contributed by atoms with E-state index in [1.54, 1.807) is 0 Å². The minimum Gasteiger partial charge on any atom is -0.488 e. The molecule has 0 saturated carbocycles. The van der Waals surface area contributed by atoms with Gasteiger partial charge in [0, 0.05) is 6.42 Å². The number of hydrogen-bond donors (Lipinski definition) is 1. The maximum atomic E-state index is 13.0.